The van der Waals surface area contributed by atoms with Crippen molar-refractivity contribution in [2.24, 2.45) is 0 Å². The lowest BCUT2D eigenvalue weighted by atomic mass is 10.1. The molecule has 6 nitrogen and oxygen atoms in total. The molecular weight excluding hydrogens is 460 g/mol. The molecule has 0 unspecified atom stereocenters. The highest BCUT2D eigenvalue weighted by molar-refractivity contribution is 8.00. The minimum Gasteiger partial charge on any atom is -0.423 e. The summed E-state index contributed by atoms with van der Waals surface area (Å²) in [5.74, 6) is 2.25. The van der Waals surface area contributed by atoms with E-state index >= 15 is 0 Å². The quantitative estimate of drug-likeness (QED) is 0.212. The van der Waals surface area contributed by atoms with E-state index in [1.54, 1.807) is 40.9 Å². The van der Waals surface area contributed by atoms with Gasteiger partial charge in [-0.15, -0.1) is 21.5 Å². The first-order chi connectivity index (χ1) is 15.6. The fourth-order valence-corrected chi connectivity index (χ4v) is 6.51. The van der Waals surface area contributed by atoms with Gasteiger partial charge in [-0.1, -0.05) is 47.8 Å². The van der Waals surface area contributed by atoms with Gasteiger partial charge < -0.3 is 8.98 Å². The lowest BCUT2D eigenvalue weighted by Crippen LogP contribution is -2.03. The van der Waals surface area contributed by atoms with E-state index in [9.17, 15) is 4.79 Å². The van der Waals surface area contributed by atoms with E-state index in [0.29, 0.717) is 17.1 Å². The first kappa shape index (κ1) is 21.2. The molecule has 0 atom stereocenters. The Balaban J connectivity index is 1.33. The van der Waals surface area contributed by atoms with Crippen LogP contribution in [0.5, 0.6) is 0 Å². The molecule has 2 aromatic carbocycles. The molecule has 5 rings (SSSR count). The molecule has 0 spiro atoms. The van der Waals surface area contributed by atoms with Crippen molar-refractivity contribution in [3.05, 3.63) is 75.9 Å². The molecule has 162 valence electrons. The van der Waals surface area contributed by atoms with Crippen LogP contribution in [0.15, 0.2) is 67.2 Å². The Morgan fingerprint density at radius 1 is 1.06 bits per heavy atom. The number of fused-ring (bicyclic) bond motifs is 2. The van der Waals surface area contributed by atoms with Gasteiger partial charge >= 0.3 is 5.63 Å². The summed E-state index contributed by atoms with van der Waals surface area (Å²) >= 11 is 4.97. The number of para-hydroxylation sites is 1. The van der Waals surface area contributed by atoms with Crippen LogP contribution in [0, 0.1) is 6.92 Å². The summed E-state index contributed by atoms with van der Waals surface area (Å²) in [7, 11) is 0. The summed E-state index contributed by atoms with van der Waals surface area (Å²) in [5, 5.41) is 10.6. The van der Waals surface area contributed by atoms with Crippen LogP contribution >= 0.6 is 34.9 Å². The molecule has 0 bridgehead atoms. The first-order valence-electron chi connectivity index (χ1n) is 10.2. The summed E-state index contributed by atoms with van der Waals surface area (Å²) in [6.07, 6.45) is 0. The van der Waals surface area contributed by atoms with E-state index in [1.807, 2.05) is 43.3 Å². The van der Waals surface area contributed by atoms with Crippen molar-refractivity contribution in [1.29, 1.82) is 0 Å². The second-order valence-electron chi connectivity index (χ2n) is 7.26. The molecule has 0 saturated heterocycles. The molecule has 0 saturated carbocycles. The molecule has 0 aliphatic heterocycles. The summed E-state index contributed by atoms with van der Waals surface area (Å²) in [6, 6.07) is 15.7. The van der Waals surface area contributed by atoms with Gasteiger partial charge in [0.05, 0.1) is 16.0 Å². The Morgan fingerprint density at radius 3 is 2.78 bits per heavy atom. The number of benzene rings is 2. The number of aryl methyl sites for hydroxylation is 1. The van der Waals surface area contributed by atoms with Crippen molar-refractivity contribution in [2.75, 3.05) is 0 Å². The molecule has 0 radical (unpaired) electrons. The van der Waals surface area contributed by atoms with Crippen LogP contribution in [0.4, 0.5) is 0 Å². The van der Waals surface area contributed by atoms with E-state index in [2.05, 4.69) is 32.7 Å². The molecule has 0 amide bonds. The third-order valence-electron chi connectivity index (χ3n) is 5.05. The zero-order valence-electron chi connectivity index (χ0n) is 17.6. The third kappa shape index (κ3) is 4.32. The van der Waals surface area contributed by atoms with E-state index in [-0.39, 0.29) is 5.63 Å². The van der Waals surface area contributed by atoms with Crippen molar-refractivity contribution in [2.45, 2.75) is 41.4 Å². The second-order valence-corrected chi connectivity index (χ2v) is 10.5. The average Bonchev–Trinajstić information content (AvgIpc) is 3.38. The Labute approximate surface area is 197 Å². The maximum atomic E-state index is 12.0. The molecule has 0 fully saturated rings. The highest BCUT2D eigenvalue weighted by Crippen LogP contribution is 2.32. The number of aromatic nitrogens is 4. The van der Waals surface area contributed by atoms with Crippen LogP contribution in [-0.4, -0.2) is 19.7 Å². The van der Waals surface area contributed by atoms with Gasteiger partial charge in [-0.3, -0.25) is 0 Å². The van der Waals surface area contributed by atoms with Crippen LogP contribution < -0.4 is 5.63 Å². The summed E-state index contributed by atoms with van der Waals surface area (Å²) in [4.78, 5) is 16.7. The number of nitrogens with zero attached hydrogens (tertiary/aromatic N) is 4. The highest BCUT2D eigenvalue weighted by Gasteiger charge is 2.14. The number of thiazole rings is 1. The molecule has 3 aromatic heterocycles. The zero-order valence-corrected chi connectivity index (χ0v) is 20.0. The average molecular weight is 481 g/mol. The van der Waals surface area contributed by atoms with Crippen LogP contribution in [0.3, 0.4) is 0 Å². The number of thioether (sulfide) groups is 2. The predicted octanol–water partition coefficient (Wildman–Crippen LogP) is 5.91. The predicted molar refractivity (Wildman–Crippen MR) is 132 cm³/mol. The zero-order chi connectivity index (χ0) is 22.1. The standard InChI is InChI=1S/C23H20N4O2S3/c1-3-27-20(13-31-23-24-17-6-4-5-7-19(17)32-23)25-26-22(27)30-12-15-11-21(28)29-18-10-14(2)8-9-16(15)18/h4-11H,3,12-13H2,1-2H3. The maximum absolute atomic E-state index is 12.0. The highest BCUT2D eigenvalue weighted by atomic mass is 32.2. The lowest BCUT2D eigenvalue weighted by Gasteiger charge is -2.08. The second kappa shape index (κ2) is 9.09. The van der Waals surface area contributed by atoms with Gasteiger partial charge in [0.25, 0.3) is 0 Å². The normalized spacial score (nSPS) is 11.6. The Bertz CT molecular complexity index is 1440. The van der Waals surface area contributed by atoms with E-state index in [0.717, 1.165) is 43.9 Å². The van der Waals surface area contributed by atoms with Gasteiger partial charge in [0, 0.05) is 23.8 Å². The summed E-state index contributed by atoms with van der Waals surface area (Å²) < 4.78 is 9.73. The van der Waals surface area contributed by atoms with E-state index in [4.69, 9.17) is 4.42 Å². The van der Waals surface area contributed by atoms with Gasteiger partial charge in [-0.25, -0.2) is 9.78 Å². The monoisotopic (exact) mass is 480 g/mol. The van der Waals surface area contributed by atoms with E-state index < -0.39 is 0 Å². The number of hydrogen-bond acceptors (Lipinski definition) is 8. The van der Waals surface area contributed by atoms with Gasteiger partial charge in [-0.05, 0) is 43.2 Å². The third-order valence-corrected chi connectivity index (χ3v) is 8.24. The minimum atomic E-state index is -0.330. The summed E-state index contributed by atoms with van der Waals surface area (Å²) in [6.45, 7) is 4.86. The maximum Gasteiger partial charge on any atom is 0.336 e. The largest absolute Gasteiger partial charge is 0.423 e. The SMILES string of the molecule is CCn1c(CSc2nc3ccccc3s2)nnc1SCc1cc(=O)oc2cc(C)ccc12. The van der Waals surface area contributed by atoms with Crippen molar-refractivity contribution in [3.8, 4) is 0 Å². The Kier molecular flexibility index (Phi) is 6.03. The van der Waals surface area contributed by atoms with Crippen molar-refractivity contribution in [3.63, 3.8) is 0 Å². The number of rotatable bonds is 7. The molecular formula is C23H20N4O2S3. The number of hydrogen-bond donors (Lipinski definition) is 0. The molecule has 0 aliphatic carbocycles. The van der Waals surface area contributed by atoms with Crippen LogP contribution in [-0.2, 0) is 18.1 Å². The fourth-order valence-electron chi connectivity index (χ4n) is 3.49. The van der Waals surface area contributed by atoms with Gasteiger partial charge in [0.15, 0.2) is 9.50 Å². The topological polar surface area (TPSA) is 73.8 Å². The van der Waals surface area contributed by atoms with Crippen LogP contribution in [0.1, 0.15) is 23.9 Å². The molecule has 32 heavy (non-hydrogen) atoms. The summed E-state index contributed by atoms with van der Waals surface area (Å²) in [5.41, 5.74) is 3.33. The van der Waals surface area contributed by atoms with Crippen LogP contribution in [0.2, 0.25) is 0 Å². The van der Waals surface area contributed by atoms with Gasteiger partial charge in [-0.2, -0.15) is 0 Å². The first-order valence-corrected chi connectivity index (χ1v) is 13.0. The lowest BCUT2D eigenvalue weighted by molar-refractivity contribution is 0.559. The van der Waals surface area contributed by atoms with Crippen molar-refractivity contribution >= 4 is 56.0 Å². The fraction of sp³-hybridized carbons (Fsp3) is 0.217. The van der Waals surface area contributed by atoms with Crippen molar-refractivity contribution < 1.29 is 4.42 Å². The molecule has 0 N–H and O–H groups in total. The molecule has 0 aliphatic rings. The Hall–Kier alpha value is -2.62. The smallest absolute Gasteiger partial charge is 0.336 e. The van der Waals surface area contributed by atoms with Crippen molar-refractivity contribution in [1.82, 2.24) is 19.7 Å². The molecule has 9 heteroatoms. The molecule has 3 heterocycles. The minimum absolute atomic E-state index is 0.330. The van der Waals surface area contributed by atoms with Gasteiger partial charge in [0.1, 0.15) is 11.4 Å². The van der Waals surface area contributed by atoms with E-state index in [1.165, 1.54) is 4.70 Å². The molecule has 5 aromatic rings. The Morgan fingerprint density at radius 2 is 1.94 bits per heavy atom. The van der Waals surface area contributed by atoms with Gasteiger partial charge in [0.2, 0.25) is 0 Å². The van der Waals surface area contributed by atoms with Crippen LogP contribution in [0.25, 0.3) is 21.2 Å².